The van der Waals surface area contributed by atoms with Crippen molar-refractivity contribution < 1.29 is 14.6 Å². The maximum absolute atomic E-state index is 9.76. The van der Waals surface area contributed by atoms with E-state index in [4.69, 9.17) is 33.3 Å². The van der Waals surface area contributed by atoms with Gasteiger partial charge in [-0.3, -0.25) is 0 Å². The van der Waals surface area contributed by atoms with Crippen LogP contribution in [0.4, 0.5) is 0 Å². The number of phenols is 1. The molecule has 2 rings (SSSR count). The highest BCUT2D eigenvalue weighted by molar-refractivity contribution is 7.80. The maximum atomic E-state index is 9.76. The zero-order valence-corrected chi connectivity index (χ0v) is 13.3. The molecule has 2 atom stereocenters. The standard InChI is InChI=1S/C14H18ClNO3S/c1-8-6-16(7-9(2)19-8)14(20)10-4-11(15)13(17)12(5-10)18-3/h4-5,8-9,17H,6-7H2,1-3H3/t8-,9-/m1/s1. The summed E-state index contributed by atoms with van der Waals surface area (Å²) in [6, 6.07) is 3.36. The Bertz CT molecular complexity index is 513. The average molecular weight is 316 g/mol. The van der Waals surface area contributed by atoms with Gasteiger partial charge in [-0.1, -0.05) is 23.8 Å². The molecule has 0 saturated carbocycles. The van der Waals surface area contributed by atoms with Crippen molar-refractivity contribution in [2.75, 3.05) is 20.2 Å². The van der Waals surface area contributed by atoms with Crippen LogP contribution in [0.1, 0.15) is 19.4 Å². The van der Waals surface area contributed by atoms with Crippen molar-refractivity contribution >= 4 is 28.8 Å². The van der Waals surface area contributed by atoms with Gasteiger partial charge < -0.3 is 19.5 Å². The van der Waals surface area contributed by atoms with Crippen molar-refractivity contribution in [3.05, 3.63) is 22.7 Å². The Morgan fingerprint density at radius 1 is 1.40 bits per heavy atom. The van der Waals surface area contributed by atoms with Gasteiger partial charge >= 0.3 is 0 Å². The summed E-state index contributed by atoms with van der Waals surface area (Å²) in [6.07, 6.45) is 0.261. The summed E-state index contributed by atoms with van der Waals surface area (Å²) in [5, 5.41) is 10.00. The summed E-state index contributed by atoms with van der Waals surface area (Å²) >= 11 is 11.5. The molecule has 1 heterocycles. The second-order valence-corrected chi connectivity index (χ2v) is 5.77. The lowest BCUT2D eigenvalue weighted by molar-refractivity contribution is -0.0472. The molecular formula is C14H18ClNO3S. The van der Waals surface area contributed by atoms with Crippen LogP contribution in [0.2, 0.25) is 5.02 Å². The highest BCUT2D eigenvalue weighted by atomic mass is 35.5. The molecule has 110 valence electrons. The minimum absolute atomic E-state index is 0.0653. The van der Waals surface area contributed by atoms with Crippen molar-refractivity contribution in [2.45, 2.75) is 26.1 Å². The van der Waals surface area contributed by atoms with E-state index in [1.165, 1.54) is 7.11 Å². The Morgan fingerprint density at radius 3 is 2.55 bits per heavy atom. The van der Waals surface area contributed by atoms with Gasteiger partial charge in [-0.05, 0) is 26.0 Å². The number of thiocarbonyl (C=S) groups is 1. The highest BCUT2D eigenvalue weighted by Gasteiger charge is 2.25. The summed E-state index contributed by atoms with van der Waals surface area (Å²) < 4.78 is 10.8. The predicted molar refractivity (Wildman–Crippen MR) is 83.0 cm³/mol. The van der Waals surface area contributed by atoms with Crippen LogP contribution in [0.15, 0.2) is 12.1 Å². The van der Waals surface area contributed by atoms with Crippen LogP contribution in [-0.2, 0) is 4.74 Å². The van der Waals surface area contributed by atoms with Crippen LogP contribution in [0.25, 0.3) is 0 Å². The first-order valence-corrected chi connectivity index (χ1v) is 7.22. The molecule has 1 saturated heterocycles. The first kappa shape index (κ1) is 15.4. The first-order chi connectivity index (χ1) is 9.42. The summed E-state index contributed by atoms with van der Waals surface area (Å²) in [6.45, 7) is 5.53. The number of methoxy groups -OCH3 is 1. The van der Waals surface area contributed by atoms with Crippen molar-refractivity contribution in [3.8, 4) is 11.5 Å². The number of ether oxygens (including phenoxy) is 2. The lowest BCUT2D eigenvalue weighted by atomic mass is 10.1. The van der Waals surface area contributed by atoms with E-state index in [0.29, 0.717) is 10.7 Å². The average Bonchev–Trinajstić information content (AvgIpc) is 2.39. The monoisotopic (exact) mass is 315 g/mol. The Kier molecular flexibility index (Phi) is 4.73. The number of aromatic hydroxyl groups is 1. The Balaban J connectivity index is 2.27. The van der Waals surface area contributed by atoms with Crippen LogP contribution < -0.4 is 4.74 Å². The number of morpholine rings is 1. The zero-order chi connectivity index (χ0) is 14.9. The molecule has 1 N–H and O–H groups in total. The molecule has 0 radical (unpaired) electrons. The molecule has 0 amide bonds. The van der Waals surface area contributed by atoms with Crippen LogP contribution in [-0.4, -0.2) is 47.4 Å². The van der Waals surface area contributed by atoms with Crippen LogP contribution >= 0.6 is 23.8 Å². The number of phenolic OH excluding ortho intramolecular Hbond substituents is 1. The topological polar surface area (TPSA) is 41.9 Å². The fourth-order valence-corrected chi connectivity index (χ4v) is 2.86. The molecule has 1 aromatic rings. The quantitative estimate of drug-likeness (QED) is 0.850. The Hall–Kier alpha value is -1.04. The molecule has 6 heteroatoms. The largest absolute Gasteiger partial charge is 0.503 e. The molecule has 20 heavy (non-hydrogen) atoms. The van der Waals surface area contributed by atoms with Gasteiger partial charge in [0, 0.05) is 18.7 Å². The first-order valence-electron chi connectivity index (χ1n) is 6.43. The van der Waals surface area contributed by atoms with Gasteiger partial charge in [0.1, 0.15) is 4.99 Å². The molecule has 0 spiro atoms. The summed E-state index contributed by atoms with van der Waals surface area (Å²) in [5.41, 5.74) is 0.765. The fraction of sp³-hybridized carbons (Fsp3) is 0.500. The lowest BCUT2D eigenvalue weighted by Crippen LogP contribution is -2.47. The number of hydrogen-bond donors (Lipinski definition) is 1. The number of benzene rings is 1. The minimum atomic E-state index is -0.0653. The lowest BCUT2D eigenvalue weighted by Gasteiger charge is -2.37. The van der Waals surface area contributed by atoms with Gasteiger partial charge in [0.2, 0.25) is 0 Å². The minimum Gasteiger partial charge on any atom is -0.503 e. The van der Waals surface area contributed by atoms with Gasteiger partial charge in [-0.15, -0.1) is 0 Å². The van der Waals surface area contributed by atoms with Crippen LogP contribution in [0, 0.1) is 0 Å². The van der Waals surface area contributed by atoms with Crippen LogP contribution in [0.5, 0.6) is 11.5 Å². The van der Waals surface area contributed by atoms with E-state index < -0.39 is 0 Å². The normalized spacial score (nSPS) is 22.7. The van der Waals surface area contributed by atoms with E-state index in [2.05, 4.69) is 4.90 Å². The molecule has 0 aromatic heterocycles. The van der Waals surface area contributed by atoms with Crippen LogP contribution in [0.3, 0.4) is 0 Å². The second kappa shape index (κ2) is 6.16. The zero-order valence-electron chi connectivity index (χ0n) is 11.7. The smallest absolute Gasteiger partial charge is 0.176 e. The molecule has 0 unspecified atom stereocenters. The number of rotatable bonds is 2. The Labute approximate surface area is 129 Å². The molecule has 1 aliphatic rings. The number of halogens is 1. The van der Waals surface area contributed by atoms with Crippen molar-refractivity contribution in [3.63, 3.8) is 0 Å². The second-order valence-electron chi connectivity index (χ2n) is 4.98. The van der Waals surface area contributed by atoms with Crippen molar-refractivity contribution in [1.82, 2.24) is 4.90 Å². The third kappa shape index (κ3) is 3.16. The summed E-state index contributed by atoms with van der Waals surface area (Å²) in [7, 11) is 1.48. The molecule has 4 nitrogen and oxygen atoms in total. The number of hydrogen-bond acceptors (Lipinski definition) is 4. The van der Waals surface area contributed by atoms with E-state index in [9.17, 15) is 5.11 Å². The van der Waals surface area contributed by atoms with Gasteiger partial charge in [-0.2, -0.15) is 0 Å². The molecule has 1 aromatic carbocycles. The molecule has 0 bridgehead atoms. The molecular weight excluding hydrogens is 298 g/mol. The third-order valence-electron chi connectivity index (χ3n) is 3.20. The number of nitrogens with zero attached hydrogens (tertiary/aromatic N) is 1. The van der Waals surface area contributed by atoms with Crippen molar-refractivity contribution in [2.24, 2.45) is 0 Å². The predicted octanol–water partition coefficient (Wildman–Crippen LogP) is 2.84. The summed E-state index contributed by atoms with van der Waals surface area (Å²) in [4.78, 5) is 2.78. The van der Waals surface area contributed by atoms with Crippen molar-refractivity contribution in [1.29, 1.82) is 0 Å². The highest BCUT2D eigenvalue weighted by Crippen LogP contribution is 2.35. The van der Waals surface area contributed by atoms with E-state index in [-0.39, 0.29) is 23.0 Å². The third-order valence-corrected chi connectivity index (χ3v) is 3.98. The fourth-order valence-electron chi connectivity index (χ4n) is 2.38. The molecule has 1 fully saturated rings. The molecule has 0 aliphatic carbocycles. The summed E-state index contributed by atoms with van der Waals surface area (Å²) in [5.74, 6) is 0.258. The van der Waals surface area contributed by atoms with Gasteiger partial charge in [0.25, 0.3) is 0 Å². The SMILES string of the molecule is COc1cc(C(=S)N2C[C@@H](C)O[C@H](C)C2)cc(Cl)c1O. The Morgan fingerprint density at radius 2 is 2.00 bits per heavy atom. The van der Waals surface area contributed by atoms with Gasteiger partial charge in [-0.25, -0.2) is 0 Å². The van der Waals surface area contributed by atoms with Gasteiger partial charge in [0.15, 0.2) is 11.5 Å². The van der Waals surface area contributed by atoms with E-state index >= 15 is 0 Å². The maximum Gasteiger partial charge on any atom is 0.176 e. The van der Waals surface area contributed by atoms with E-state index in [1.807, 2.05) is 13.8 Å². The van der Waals surface area contributed by atoms with Gasteiger partial charge in [0.05, 0.1) is 24.3 Å². The molecule has 1 aliphatic heterocycles. The van der Waals surface area contributed by atoms with E-state index in [0.717, 1.165) is 18.7 Å². The van der Waals surface area contributed by atoms with E-state index in [1.54, 1.807) is 12.1 Å².